The molecule has 0 N–H and O–H groups in total. The molecule has 10 heteroatoms. The standard InChI is InChI=1S/C12H8I2N2O4S2/c13-21-19-9-3-11(10(5-17)12(4-9)20-22-14)18-6-8-1-2-15-7-16-8/h1-5,7H,6H2. The second-order valence-electron chi connectivity index (χ2n) is 3.73. The normalized spacial score (nSPS) is 10.1. The average Bonchev–Trinajstić information content (AvgIpc) is 2.54. The first kappa shape index (κ1) is 17.9. The van der Waals surface area contributed by atoms with E-state index in [-0.39, 0.29) is 6.61 Å². The van der Waals surface area contributed by atoms with Crippen LogP contribution >= 0.6 is 60.8 Å². The van der Waals surface area contributed by atoms with Crippen molar-refractivity contribution in [3.63, 3.8) is 0 Å². The molecule has 1 heterocycles. The predicted octanol–water partition coefficient (Wildman–Crippen LogP) is 4.62. The summed E-state index contributed by atoms with van der Waals surface area (Å²) in [5.74, 6) is 1.29. The van der Waals surface area contributed by atoms with Crippen LogP contribution in [0.4, 0.5) is 0 Å². The highest BCUT2D eigenvalue weighted by Gasteiger charge is 2.15. The summed E-state index contributed by atoms with van der Waals surface area (Å²) in [6, 6.07) is 5.01. The lowest BCUT2D eigenvalue weighted by Gasteiger charge is -2.13. The van der Waals surface area contributed by atoms with Gasteiger partial charge in [-0.1, -0.05) is 0 Å². The van der Waals surface area contributed by atoms with Gasteiger partial charge in [0.05, 0.1) is 5.69 Å². The van der Waals surface area contributed by atoms with E-state index in [1.54, 1.807) is 24.4 Å². The van der Waals surface area contributed by atoms with Crippen molar-refractivity contribution in [2.45, 2.75) is 6.61 Å². The van der Waals surface area contributed by atoms with E-state index in [0.29, 0.717) is 34.8 Å². The number of nitrogens with zero attached hydrogens (tertiary/aromatic N) is 2. The van der Waals surface area contributed by atoms with Crippen LogP contribution < -0.4 is 13.1 Å². The van der Waals surface area contributed by atoms with E-state index in [9.17, 15) is 4.79 Å². The lowest BCUT2D eigenvalue weighted by Crippen LogP contribution is -2.02. The Balaban J connectivity index is 2.28. The van der Waals surface area contributed by atoms with Crippen LogP contribution in [0.25, 0.3) is 0 Å². The zero-order valence-corrected chi connectivity index (χ0v) is 16.7. The van der Waals surface area contributed by atoms with E-state index in [4.69, 9.17) is 13.1 Å². The minimum atomic E-state index is 0.209. The maximum atomic E-state index is 11.4. The molecule has 1 aromatic heterocycles. The molecule has 116 valence electrons. The zero-order chi connectivity index (χ0) is 15.8. The molecule has 0 radical (unpaired) electrons. The van der Waals surface area contributed by atoms with Crippen molar-refractivity contribution in [3.05, 3.63) is 42.0 Å². The minimum Gasteiger partial charge on any atom is -0.486 e. The number of aromatic nitrogens is 2. The van der Waals surface area contributed by atoms with Crippen molar-refractivity contribution in [2.75, 3.05) is 0 Å². The Bertz CT molecular complexity index is 634. The Morgan fingerprint density at radius 2 is 1.95 bits per heavy atom. The van der Waals surface area contributed by atoms with Crippen LogP contribution in [0.15, 0.2) is 30.7 Å². The van der Waals surface area contributed by atoms with Crippen LogP contribution in [0.1, 0.15) is 16.1 Å². The molecule has 0 amide bonds. The molecule has 0 atom stereocenters. The topological polar surface area (TPSA) is 70.5 Å². The number of hydrogen-bond donors (Lipinski definition) is 0. The molecule has 0 aliphatic rings. The van der Waals surface area contributed by atoms with Gasteiger partial charge in [0.2, 0.25) is 0 Å². The number of carbonyl (C=O) groups is 1. The van der Waals surface area contributed by atoms with Gasteiger partial charge in [-0.2, -0.15) is 0 Å². The van der Waals surface area contributed by atoms with Gasteiger partial charge in [0.1, 0.15) is 48.4 Å². The Morgan fingerprint density at radius 1 is 1.18 bits per heavy atom. The minimum absolute atomic E-state index is 0.209. The largest absolute Gasteiger partial charge is 0.486 e. The molecule has 1 aromatic carbocycles. The summed E-state index contributed by atoms with van der Waals surface area (Å²) < 4.78 is 16.4. The van der Waals surface area contributed by atoms with Crippen molar-refractivity contribution in [1.29, 1.82) is 0 Å². The molecule has 2 aromatic rings. The fourth-order valence-electron chi connectivity index (χ4n) is 1.56. The van der Waals surface area contributed by atoms with Gasteiger partial charge in [0, 0.05) is 60.7 Å². The van der Waals surface area contributed by atoms with Crippen LogP contribution in [0.2, 0.25) is 0 Å². The monoisotopic (exact) mass is 562 g/mol. The second-order valence-corrected chi connectivity index (χ2v) is 6.48. The third-order valence-electron chi connectivity index (χ3n) is 2.46. The number of ether oxygens (including phenoxy) is 1. The van der Waals surface area contributed by atoms with Gasteiger partial charge >= 0.3 is 0 Å². The third-order valence-corrected chi connectivity index (χ3v) is 4.04. The van der Waals surface area contributed by atoms with Gasteiger partial charge < -0.3 is 13.1 Å². The predicted molar refractivity (Wildman–Crippen MR) is 103 cm³/mol. The molecule has 0 aliphatic carbocycles. The highest BCUT2D eigenvalue weighted by atomic mass is 127. The van der Waals surface area contributed by atoms with E-state index in [0.717, 1.165) is 18.4 Å². The Kier molecular flexibility index (Phi) is 7.82. The van der Waals surface area contributed by atoms with Crippen molar-refractivity contribution >= 4 is 67.1 Å². The summed E-state index contributed by atoms with van der Waals surface area (Å²) in [5, 5.41) is 0. The highest BCUT2D eigenvalue weighted by Crippen LogP contribution is 2.37. The number of carbonyl (C=O) groups excluding carboxylic acids is 1. The molecule has 0 fully saturated rings. The number of halogens is 2. The van der Waals surface area contributed by atoms with Crippen molar-refractivity contribution in [1.82, 2.24) is 9.97 Å². The number of hydrogen-bond acceptors (Lipinski definition) is 8. The summed E-state index contributed by atoms with van der Waals surface area (Å²) >= 11 is 3.98. The van der Waals surface area contributed by atoms with Crippen LogP contribution in [0.5, 0.6) is 17.2 Å². The number of benzene rings is 1. The van der Waals surface area contributed by atoms with Gasteiger partial charge in [0.25, 0.3) is 0 Å². The molecule has 0 saturated heterocycles. The maximum absolute atomic E-state index is 11.4. The smallest absolute Gasteiger partial charge is 0.157 e. The molecule has 0 aliphatic heterocycles. The van der Waals surface area contributed by atoms with Crippen molar-refractivity contribution in [3.8, 4) is 17.2 Å². The van der Waals surface area contributed by atoms with Gasteiger partial charge in [-0.25, -0.2) is 9.97 Å². The molecule has 22 heavy (non-hydrogen) atoms. The first-order valence-electron chi connectivity index (χ1n) is 5.70. The third kappa shape index (κ3) is 5.03. The molecule has 6 nitrogen and oxygen atoms in total. The first-order valence-corrected chi connectivity index (χ1v) is 12.3. The van der Waals surface area contributed by atoms with Crippen LogP contribution in [0, 0.1) is 0 Å². The molecular weight excluding hydrogens is 554 g/mol. The highest BCUT2D eigenvalue weighted by molar-refractivity contribution is 14.2. The van der Waals surface area contributed by atoms with Gasteiger partial charge in [-0.3, -0.25) is 4.79 Å². The van der Waals surface area contributed by atoms with Gasteiger partial charge in [-0.05, 0) is 6.07 Å². The lowest BCUT2D eigenvalue weighted by atomic mass is 10.2. The molecule has 0 saturated carbocycles. The fourth-order valence-corrected chi connectivity index (χ4v) is 3.13. The number of aldehydes is 1. The van der Waals surface area contributed by atoms with E-state index in [2.05, 4.69) is 9.97 Å². The molecule has 0 bridgehead atoms. The summed E-state index contributed by atoms with van der Waals surface area (Å²) in [6.07, 6.45) is 3.76. The first-order chi connectivity index (χ1) is 10.8. The molecule has 0 spiro atoms. The molecular formula is C12H8I2N2O4S2. The summed E-state index contributed by atoms with van der Waals surface area (Å²) in [7, 11) is 2.26. The van der Waals surface area contributed by atoms with Crippen LogP contribution in [0.3, 0.4) is 0 Å². The summed E-state index contributed by atoms with van der Waals surface area (Å²) in [6.45, 7) is 0.209. The molecule has 0 unspecified atom stereocenters. The molecule has 2 rings (SSSR count). The number of rotatable bonds is 8. The van der Waals surface area contributed by atoms with E-state index in [1.165, 1.54) is 6.33 Å². The van der Waals surface area contributed by atoms with Crippen molar-refractivity contribution in [2.24, 2.45) is 0 Å². The maximum Gasteiger partial charge on any atom is 0.157 e. The Hall–Kier alpha value is -0.470. The van der Waals surface area contributed by atoms with E-state index >= 15 is 0 Å². The van der Waals surface area contributed by atoms with Crippen LogP contribution in [-0.4, -0.2) is 16.3 Å². The lowest BCUT2D eigenvalue weighted by molar-refractivity contribution is 0.111. The SMILES string of the molecule is O=Cc1c(OCc2ccncn2)cc(OSI)cc1OSI. The van der Waals surface area contributed by atoms with E-state index in [1.807, 2.05) is 42.4 Å². The fraction of sp³-hybridized carbons (Fsp3) is 0.0833. The van der Waals surface area contributed by atoms with Gasteiger partial charge in [-0.15, -0.1) is 0 Å². The van der Waals surface area contributed by atoms with E-state index < -0.39 is 0 Å². The van der Waals surface area contributed by atoms with Crippen molar-refractivity contribution < 1.29 is 17.9 Å². The summed E-state index contributed by atoms with van der Waals surface area (Å²) in [5.41, 5.74) is 1.02. The quantitative estimate of drug-likeness (QED) is 0.263. The zero-order valence-electron chi connectivity index (χ0n) is 10.8. The average molecular weight is 562 g/mol. The van der Waals surface area contributed by atoms with Gasteiger partial charge in [0.15, 0.2) is 12.0 Å². The second kappa shape index (κ2) is 9.62. The Morgan fingerprint density at radius 3 is 2.59 bits per heavy atom. The van der Waals surface area contributed by atoms with Crippen LogP contribution in [-0.2, 0) is 6.61 Å². The Labute approximate surface area is 159 Å². The summed E-state index contributed by atoms with van der Waals surface area (Å²) in [4.78, 5) is 19.3.